The van der Waals surface area contributed by atoms with Crippen molar-refractivity contribution >= 4 is 17.3 Å². The quantitative estimate of drug-likeness (QED) is 0.811. The summed E-state index contributed by atoms with van der Waals surface area (Å²) in [5.74, 6) is 0.707. The van der Waals surface area contributed by atoms with Crippen LogP contribution in [-0.4, -0.2) is 38.0 Å². The van der Waals surface area contributed by atoms with Crippen molar-refractivity contribution in [3.63, 3.8) is 0 Å². The summed E-state index contributed by atoms with van der Waals surface area (Å²) < 4.78 is 0. The average molecular weight is 247 g/mol. The molecular formula is C14H21N3O. The third kappa shape index (κ3) is 2.42. The number of nitrogen functional groups attached to an aromatic ring is 1. The van der Waals surface area contributed by atoms with E-state index in [1.165, 1.54) is 6.42 Å². The van der Waals surface area contributed by atoms with Crippen LogP contribution < -0.4 is 10.6 Å². The van der Waals surface area contributed by atoms with Crippen molar-refractivity contribution in [2.24, 2.45) is 5.92 Å². The monoisotopic (exact) mass is 247 g/mol. The average Bonchev–Trinajstić information content (AvgIpc) is 2.74. The van der Waals surface area contributed by atoms with E-state index in [0.717, 1.165) is 24.3 Å². The summed E-state index contributed by atoms with van der Waals surface area (Å²) in [6.07, 6.45) is 1.17. The maximum Gasteiger partial charge on any atom is 0.255 e. The number of amides is 1. The molecule has 1 aromatic rings. The number of hydrogen-bond donors (Lipinski definition) is 1. The number of anilines is 2. The van der Waals surface area contributed by atoms with Gasteiger partial charge in [-0.05, 0) is 30.5 Å². The lowest BCUT2D eigenvalue weighted by Gasteiger charge is -2.23. The zero-order valence-corrected chi connectivity index (χ0v) is 11.3. The van der Waals surface area contributed by atoms with Gasteiger partial charge in [0.15, 0.2) is 0 Å². The van der Waals surface area contributed by atoms with Gasteiger partial charge in [-0.1, -0.05) is 6.92 Å². The summed E-state index contributed by atoms with van der Waals surface area (Å²) in [5, 5.41) is 0. The minimum Gasteiger partial charge on any atom is -0.399 e. The predicted octanol–water partition coefficient (Wildman–Crippen LogP) is 1.82. The van der Waals surface area contributed by atoms with Crippen molar-refractivity contribution in [2.45, 2.75) is 13.3 Å². The van der Waals surface area contributed by atoms with Gasteiger partial charge < -0.3 is 15.5 Å². The van der Waals surface area contributed by atoms with Gasteiger partial charge in [0, 0.05) is 32.9 Å². The molecule has 0 saturated carbocycles. The van der Waals surface area contributed by atoms with E-state index in [-0.39, 0.29) is 5.91 Å². The van der Waals surface area contributed by atoms with Crippen LogP contribution in [0.1, 0.15) is 23.7 Å². The fourth-order valence-electron chi connectivity index (χ4n) is 2.39. The summed E-state index contributed by atoms with van der Waals surface area (Å²) in [4.78, 5) is 16.0. The van der Waals surface area contributed by atoms with E-state index < -0.39 is 0 Å². The molecular weight excluding hydrogens is 226 g/mol. The molecule has 1 saturated heterocycles. The van der Waals surface area contributed by atoms with E-state index in [1.807, 2.05) is 12.1 Å². The van der Waals surface area contributed by atoms with Crippen LogP contribution in [0, 0.1) is 5.92 Å². The Morgan fingerprint density at radius 2 is 2.17 bits per heavy atom. The van der Waals surface area contributed by atoms with E-state index in [0.29, 0.717) is 11.6 Å². The van der Waals surface area contributed by atoms with Crippen LogP contribution in [0.2, 0.25) is 0 Å². The van der Waals surface area contributed by atoms with Gasteiger partial charge in [0.1, 0.15) is 0 Å². The van der Waals surface area contributed by atoms with Crippen molar-refractivity contribution in [3.05, 3.63) is 23.8 Å². The van der Waals surface area contributed by atoms with Crippen LogP contribution in [-0.2, 0) is 0 Å². The number of carbonyl (C=O) groups is 1. The number of nitrogens with zero attached hydrogens (tertiary/aromatic N) is 2. The number of rotatable bonds is 2. The van der Waals surface area contributed by atoms with Gasteiger partial charge in [-0.2, -0.15) is 0 Å². The van der Waals surface area contributed by atoms with E-state index in [2.05, 4.69) is 11.8 Å². The second-order valence-electron chi connectivity index (χ2n) is 5.32. The Morgan fingerprint density at radius 1 is 1.44 bits per heavy atom. The molecule has 1 amide bonds. The molecule has 1 heterocycles. The number of hydrogen-bond acceptors (Lipinski definition) is 3. The fraction of sp³-hybridized carbons (Fsp3) is 0.500. The largest absolute Gasteiger partial charge is 0.399 e. The zero-order chi connectivity index (χ0) is 13.3. The lowest BCUT2D eigenvalue weighted by atomic mass is 10.1. The first-order valence-corrected chi connectivity index (χ1v) is 6.35. The molecule has 1 atom stereocenters. The molecule has 1 aliphatic rings. The first kappa shape index (κ1) is 12.7. The Bertz CT molecular complexity index is 456. The first-order valence-electron chi connectivity index (χ1n) is 6.35. The summed E-state index contributed by atoms with van der Waals surface area (Å²) in [6.45, 7) is 4.23. The van der Waals surface area contributed by atoms with Crippen LogP contribution in [0.15, 0.2) is 18.2 Å². The lowest BCUT2D eigenvalue weighted by Crippen LogP contribution is -2.27. The van der Waals surface area contributed by atoms with Crippen molar-refractivity contribution < 1.29 is 4.79 Å². The molecule has 4 heteroatoms. The number of nitrogens with two attached hydrogens (primary N) is 1. The second kappa shape index (κ2) is 4.88. The van der Waals surface area contributed by atoms with Gasteiger partial charge in [-0.25, -0.2) is 0 Å². The first-order chi connectivity index (χ1) is 8.49. The Labute approximate surface area is 108 Å². The van der Waals surface area contributed by atoms with Crippen LogP contribution in [0.5, 0.6) is 0 Å². The zero-order valence-electron chi connectivity index (χ0n) is 11.3. The minimum atomic E-state index is 0.0320. The van der Waals surface area contributed by atoms with Crippen LogP contribution in [0.4, 0.5) is 11.4 Å². The molecule has 1 unspecified atom stereocenters. The molecule has 2 N–H and O–H groups in total. The van der Waals surface area contributed by atoms with Crippen LogP contribution in [0.25, 0.3) is 0 Å². The maximum absolute atomic E-state index is 12.2. The van der Waals surface area contributed by atoms with E-state index in [4.69, 9.17) is 5.73 Å². The van der Waals surface area contributed by atoms with Crippen molar-refractivity contribution in [3.8, 4) is 0 Å². The molecule has 4 nitrogen and oxygen atoms in total. The molecule has 1 aromatic carbocycles. The van der Waals surface area contributed by atoms with Crippen molar-refractivity contribution in [1.29, 1.82) is 0 Å². The molecule has 0 bridgehead atoms. The molecule has 98 valence electrons. The summed E-state index contributed by atoms with van der Waals surface area (Å²) in [7, 11) is 3.55. The summed E-state index contributed by atoms with van der Waals surface area (Å²) in [6, 6.07) is 5.53. The van der Waals surface area contributed by atoms with Gasteiger partial charge in [0.2, 0.25) is 0 Å². The smallest absolute Gasteiger partial charge is 0.255 e. The van der Waals surface area contributed by atoms with Crippen LogP contribution >= 0.6 is 0 Å². The molecule has 0 aromatic heterocycles. The van der Waals surface area contributed by atoms with Gasteiger partial charge in [0.05, 0.1) is 11.3 Å². The Hall–Kier alpha value is -1.71. The van der Waals surface area contributed by atoms with Crippen LogP contribution in [0.3, 0.4) is 0 Å². The van der Waals surface area contributed by atoms with Gasteiger partial charge >= 0.3 is 0 Å². The number of benzene rings is 1. The van der Waals surface area contributed by atoms with Gasteiger partial charge in [0.25, 0.3) is 5.91 Å². The molecule has 0 spiro atoms. The number of carbonyl (C=O) groups excluding carboxylic acids is 1. The van der Waals surface area contributed by atoms with Crippen molar-refractivity contribution in [1.82, 2.24) is 4.90 Å². The molecule has 18 heavy (non-hydrogen) atoms. The van der Waals surface area contributed by atoms with Gasteiger partial charge in [-0.15, -0.1) is 0 Å². The molecule has 0 aliphatic carbocycles. The molecule has 0 radical (unpaired) electrons. The third-order valence-electron chi connectivity index (χ3n) is 3.42. The van der Waals surface area contributed by atoms with E-state index >= 15 is 0 Å². The summed E-state index contributed by atoms with van der Waals surface area (Å²) in [5.41, 5.74) is 8.27. The second-order valence-corrected chi connectivity index (χ2v) is 5.32. The predicted molar refractivity (Wildman–Crippen MR) is 74.9 cm³/mol. The molecule has 2 rings (SSSR count). The minimum absolute atomic E-state index is 0.0320. The van der Waals surface area contributed by atoms with E-state index in [1.54, 1.807) is 25.1 Å². The normalized spacial score (nSPS) is 19.1. The van der Waals surface area contributed by atoms with Crippen molar-refractivity contribution in [2.75, 3.05) is 37.8 Å². The lowest BCUT2D eigenvalue weighted by molar-refractivity contribution is 0.0828. The highest BCUT2D eigenvalue weighted by Gasteiger charge is 2.23. The fourth-order valence-corrected chi connectivity index (χ4v) is 2.39. The van der Waals surface area contributed by atoms with Gasteiger partial charge in [-0.3, -0.25) is 4.79 Å². The SMILES string of the molecule is CC1CCN(c2cc(N)ccc2C(=O)N(C)C)C1. The highest BCUT2D eigenvalue weighted by atomic mass is 16.2. The van der Waals surface area contributed by atoms with E-state index in [9.17, 15) is 4.79 Å². The maximum atomic E-state index is 12.2. The third-order valence-corrected chi connectivity index (χ3v) is 3.42. The Balaban J connectivity index is 2.38. The Kier molecular flexibility index (Phi) is 3.45. The highest BCUT2D eigenvalue weighted by molar-refractivity contribution is 6.00. The molecule has 1 fully saturated rings. The summed E-state index contributed by atoms with van der Waals surface area (Å²) >= 11 is 0. The molecule has 1 aliphatic heterocycles. The Morgan fingerprint density at radius 3 is 2.72 bits per heavy atom. The standard InChI is InChI=1S/C14H21N3O/c1-10-6-7-17(9-10)13-8-11(15)4-5-12(13)14(18)16(2)3/h4-5,8,10H,6-7,9,15H2,1-3H3. The highest BCUT2D eigenvalue weighted by Crippen LogP contribution is 2.29. The topological polar surface area (TPSA) is 49.6 Å².